The third-order valence-corrected chi connectivity index (χ3v) is 9.99. The van der Waals surface area contributed by atoms with Gasteiger partial charge in [-0.15, -0.1) is 0 Å². The fraction of sp³-hybridized carbons (Fsp3) is 0.867. The van der Waals surface area contributed by atoms with Crippen molar-refractivity contribution in [3.63, 3.8) is 0 Å². The highest BCUT2D eigenvalue weighted by Crippen LogP contribution is 2.25. The molecule has 3 saturated heterocycles. The minimum absolute atomic E-state index is 0.299. The average Bonchev–Trinajstić information content (AvgIpc) is 3.55. The molecular weight excluding hydrogens is 629 g/mol. The largest absolute Gasteiger partial charge is 0.298 e. The molecule has 0 bridgehead atoms. The van der Waals surface area contributed by atoms with Crippen molar-refractivity contribution in [3.8, 4) is 0 Å². The topological polar surface area (TPSA) is 13.0 Å². The Morgan fingerprint density at radius 3 is 0.904 bits per heavy atom. The van der Waals surface area contributed by atoms with Gasteiger partial charge < -0.3 is 0 Å². The summed E-state index contributed by atoms with van der Waals surface area (Å²) in [5.74, 6) is 0. The molecule has 3 fully saturated rings. The normalized spacial score (nSPS) is 18.6. The van der Waals surface area contributed by atoms with Crippen LogP contribution in [0, 0.1) is 0 Å². The molecular formula is C45H91B3N4. The summed E-state index contributed by atoms with van der Waals surface area (Å²) in [5.41, 5.74) is 4.55. The van der Waals surface area contributed by atoms with Gasteiger partial charge in [-0.2, -0.15) is 0 Å². The summed E-state index contributed by atoms with van der Waals surface area (Å²) in [5, 5.41) is 0. The lowest BCUT2D eigenvalue weighted by Gasteiger charge is -2.39. The van der Waals surface area contributed by atoms with Gasteiger partial charge in [0.15, 0.2) is 0 Å². The fourth-order valence-electron chi connectivity index (χ4n) is 6.76. The van der Waals surface area contributed by atoms with Gasteiger partial charge in [0.2, 0.25) is 0 Å². The Hall–Kier alpha value is -0.745. The van der Waals surface area contributed by atoms with Crippen LogP contribution in [-0.4, -0.2) is 111 Å². The molecule has 4 aliphatic heterocycles. The van der Waals surface area contributed by atoms with Crippen molar-refractivity contribution >= 4 is 23.5 Å². The van der Waals surface area contributed by atoms with E-state index in [-0.39, 0.29) is 0 Å². The Morgan fingerprint density at radius 2 is 0.615 bits per heavy atom. The molecule has 7 heteroatoms. The van der Waals surface area contributed by atoms with Gasteiger partial charge in [0.1, 0.15) is 0 Å². The molecule has 0 atom stereocenters. The van der Waals surface area contributed by atoms with Gasteiger partial charge in [-0.25, -0.2) is 0 Å². The summed E-state index contributed by atoms with van der Waals surface area (Å²) in [6.45, 7) is 46.3. The number of hydrogen-bond donors (Lipinski definition) is 0. The number of fused-ring (bicyclic) bond motifs is 1. The molecule has 4 heterocycles. The van der Waals surface area contributed by atoms with E-state index in [0.717, 1.165) is 6.54 Å². The second-order valence-electron chi connectivity index (χ2n) is 17.8. The van der Waals surface area contributed by atoms with Crippen molar-refractivity contribution in [2.45, 2.75) is 210 Å². The van der Waals surface area contributed by atoms with E-state index in [4.69, 9.17) is 0 Å². The van der Waals surface area contributed by atoms with Gasteiger partial charge in [0.05, 0.1) is 23.5 Å². The first-order valence-corrected chi connectivity index (χ1v) is 21.2. The molecule has 4 nitrogen and oxygen atoms in total. The highest BCUT2D eigenvalue weighted by atomic mass is 15.2. The van der Waals surface area contributed by atoms with Crippen LogP contribution in [-0.2, 0) is 13.0 Å². The Labute approximate surface area is 333 Å². The molecule has 0 aromatic heterocycles. The predicted octanol–water partition coefficient (Wildman–Crippen LogP) is 11.3. The summed E-state index contributed by atoms with van der Waals surface area (Å²) >= 11 is 0. The molecule has 52 heavy (non-hydrogen) atoms. The molecule has 0 N–H and O–H groups in total. The standard InChI is InChI=1S/C13H19N.C10H21N.C9H19N.C8H17N.C2H6.3CH3B/c1-13(2,3)14-9-8-11-6-4-5-7-12(11)10-14;1-10(2,3)11-8-6-4-5-7-9-11;1-9(2,3)10-7-5-4-6-8-10;1-8(2,3)9-6-4-5-7-9;4*1-2/h4-7H,8-10H2,1-3H3;4-9H2,1-3H3;4-8H2,1-3H3;4-7H2,1-3H3;1-2H3;3*1H3. The zero-order chi connectivity index (χ0) is 41.0. The van der Waals surface area contributed by atoms with Gasteiger partial charge in [-0.3, -0.25) is 19.6 Å². The van der Waals surface area contributed by atoms with E-state index in [0.29, 0.717) is 22.2 Å². The van der Waals surface area contributed by atoms with E-state index in [1.165, 1.54) is 142 Å². The Bertz CT molecular complexity index is 908. The van der Waals surface area contributed by atoms with Crippen LogP contribution in [0.2, 0.25) is 20.5 Å². The van der Waals surface area contributed by atoms with Crippen molar-refractivity contribution in [3.05, 3.63) is 35.4 Å². The zero-order valence-electron chi connectivity index (χ0n) is 38.6. The molecule has 1 aromatic rings. The zero-order valence-corrected chi connectivity index (χ0v) is 38.6. The fourth-order valence-corrected chi connectivity index (χ4v) is 6.76. The summed E-state index contributed by atoms with van der Waals surface area (Å²) < 4.78 is 0. The van der Waals surface area contributed by atoms with E-state index < -0.39 is 0 Å². The van der Waals surface area contributed by atoms with Gasteiger partial charge >= 0.3 is 0 Å². The van der Waals surface area contributed by atoms with Gasteiger partial charge in [-0.05, 0) is 178 Å². The molecule has 0 amide bonds. The Balaban J connectivity index is -0.000000583. The lowest BCUT2D eigenvalue weighted by atomic mass is 9.95. The summed E-state index contributed by atoms with van der Waals surface area (Å²) in [6, 6.07) is 8.80. The van der Waals surface area contributed by atoms with E-state index in [1.807, 2.05) is 13.8 Å². The molecule has 0 saturated carbocycles. The van der Waals surface area contributed by atoms with Crippen molar-refractivity contribution in [2.75, 3.05) is 45.8 Å². The molecule has 5 rings (SSSR count). The molecule has 300 valence electrons. The highest BCUT2D eigenvalue weighted by Gasteiger charge is 2.26. The summed E-state index contributed by atoms with van der Waals surface area (Å²) in [7, 11) is 13.5. The Morgan fingerprint density at radius 1 is 0.365 bits per heavy atom. The average molecular weight is 721 g/mol. The van der Waals surface area contributed by atoms with Crippen molar-refractivity contribution in [1.29, 1.82) is 0 Å². The molecule has 4 aliphatic rings. The van der Waals surface area contributed by atoms with Crippen molar-refractivity contribution in [1.82, 2.24) is 19.6 Å². The molecule has 0 aliphatic carbocycles. The highest BCUT2D eigenvalue weighted by molar-refractivity contribution is 6.06. The number of nitrogens with zero attached hydrogens (tertiary/aromatic N) is 4. The smallest absolute Gasteiger partial charge is 0.0606 e. The monoisotopic (exact) mass is 721 g/mol. The van der Waals surface area contributed by atoms with Crippen LogP contribution < -0.4 is 0 Å². The van der Waals surface area contributed by atoms with E-state index in [1.54, 1.807) is 0 Å². The second-order valence-corrected chi connectivity index (χ2v) is 17.8. The number of likely N-dealkylation sites (tertiary alicyclic amines) is 3. The maximum absolute atomic E-state index is 4.50. The SMILES string of the molecule is CC.CC(C)(C)N1CCCC1.CC(C)(C)N1CCCCC1.CC(C)(C)N1CCCCCC1.CC(C)(C)N1CCc2ccccc2C1.[B]C.[B]C.[B]C. The van der Waals surface area contributed by atoms with Crippen LogP contribution in [0.25, 0.3) is 0 Å². The second kappa shape index (κ2) is 30.5. The third-order valence-electron chi connectivity index (χ3n) is 9.99. The molecule has 6 radical (unpaired) electrons. The minimum atomic E-state index is 0.299. The molecule has 0 spiro atoms. The number of piperidine rings is 1. The number of rotatable bonds is 0. The third kappa shape index (κ3) is 25.4. The van der Waals surface area contributed by atoms with Gasteiger partial charge in [-0.1, -0.05) is 77.8 Å². The van der Waals surface area contributed by atoms with Crippen LogP contribution in [0.3, 0.4) is 0 Å². The van der Waals surface area contributed by atoms with Crippen LogP contribution in [0.1, 0.15) is 166 Å². The maximum Gasteiger partial charge on any atom is 0.0606 e. The Kier molecular flexibility index (Phi) is 32.6. The minimum Gasteiger partial charge on any atom is -0.298 e. The van der Waals surface area contributed by atoms with Crippen molar-refractivity contribution in [2.24, 2.45) is 0 Å². The molecule has 1 aromatic carbocycles. The van der Waals surface area contributed by atoms with E-state index >= 15 is 0 Å². The summed E-state index contributed by atoms with van der Waals surface area (Å²) in [4.78, 5) is 10.3. The quantitative estimate of drug-likeness (QED) is 0.247. The lowest BCUT2D eigenvalue weighted by Crippen LogP contribution is -2.44. The predicted molar refractivity (Wildman–Crippen MR) is 242 cm³/mol. The van der Waals surface area contributed by atoms with Gasteiger partial charge in [0, 0.05) is 35.2 Å². The van der Waals surface area contributed by atoms with Crippen LogP contribution >= 0.6 is 0 Å². The number of benzene rings is 1. The first kappa shape index (κ1) is 55.6. The maximum atomic E-state index is 4.50. The molecule has 0 unspecified atom stereocenters. The van der Waals surface area contributed by atoms with Gasteiger partial charge in [0.25, 0.3) is 0 Å². The van der Waals surface area contributed by atoms with Crippen molar-refractivity contribution < 1.29 is 0 Å². The van der Waals surface area contributed by atoms with Crippen LogP contribution in [0.5, 0.6) is 0 Å². The van der Waals surface area contributed by atoms with Crippen LogP contribution in [0.15, 0.2) is 24.3 Å². The first-order valence-electron chi connectivity index (χ1n) is 21.2. The van der Waals surface area contributed by atoms with E-state index in [2.05, 4.69) is 150 Å². The lowest BCUT2D eigenvalue weighted by molar-refractivity contribution is 0.111. The first-order chi connectivity index (χ1) is 24.4. The summed E-state index contributed by atoms with van der Waals surface area (Å²) in [6.07, 6.45) is 13.9. The van der Waals surface area contributed by atoms with E-state index in [9.17, 15) is 0 Å². The van der Waals surface area contributed by atoms with Crippen LogP contribution in [0.4, 0.5) is 0 Å². The number of hydrogen-bond acceptors (Lipinski definition) is 4.